The molecule has 0 bridgehead atoms. The van der Waals surface area contributed by atoms with E-state index in [1.54, 1.807) is 0 Å². The Balaban J connectivity index is 2.17. The van der Waals surface area contributed by atoms with Crippen LogP contribution in [0.2, 0.25) is 0 Å². The number of thiophene rings is 1. The van der Waals surface area contributed by atoms with Crippen molar-refractivity contribution in [1.82, 2.24) is 5.32 Å². The third kappa shape index (κ3) is 2.20. The summed E-state index contributed by atoms with van der Waals surface area (Å²) in [6.45, 7) is 1.85. The van der Waals surface area contributed by atoms with Crippen LogP contribution in [0.25, 0.3) is 0 Å². The first-order valence-corrected chi connectivity index (χ1v) is 6.53. The summed E-state index contributed by atoms with van der Waals surface area (Å²) in [6.07, 6.45) is 2.77. The number of amides is 1. The second kappa shape index (κ2) is 4.49. The number of rotatable bonds is 3. The van der Waals surface area contributed by atoms with Crippen LogP contribution >= 0.6 is 11.3 Å². The molecule has 0 aliphatic heterocycles. The molecular weight excluding hydrogens is 238 g/mol. The number of hydrogen-bond acceptors (Lipinski definition) is 3. The Bertz CT molecular complexity index is 446. The fourth-order valence-corrected chi connectivity index (χ4v) is 3.07. The van der Waals surface area contributed by atoms with E-state index < -0.39 is 11.5 Å². The van der Waals surface area contributed by atoms with Crippen LogP contribution in [0, 0.1) is 6.92 Å². The van der Waals surface area contributed by atoms with E-state index in [1.165, 1.54) is 11.3 Å². The summed E-state index contributed by atoms with van der Waals surface area (Å²) in [5, 5.41) is 13.8. The van der Waals surface area contributed by atoms with Gasteiger partial charge in [0.1, 0.15) is 5.54 Å². The van der Waals surface area contributed by atoms with Gasteiger partial charge >= 0.3 is 5.97 Å². The SMILES string of the molecule is Cc1ccsc1C(=O)NC1(C(=O)O)CCCC1. The monoisotopic (exact) mass is 253 g/mol. The van der Waals surface area contributed by atoms with Crippen molar-refractivity contribution in [2.45, 2.75) is 38.1 Å². The molecule has 17 heavy (non-hydrogen) atoms. The highest BCUT2D eigenvalue weighted by atomic mass is 32.1. The maximum atomic E-state index is 12.0. The van der Waals surface area contributed by atoms with E-state index in [-0.39, 0.29) is 5.91 Å². The Kier molecular flexibility index (Phi) is 3.19. The summed E-state index contributed by atoms with van der Waals surface area (Å²) in [4.78, 5) is 23.9. The molecule has 1 aliphatic rings. The van der Waals surface area contributed by atoms with Gasteiger partial charge < -0.3 is 10.4 Å². The maximum absolute atomic E-state index is 12.0. The van der Waals surface area contributed by atoms with Gasteiger partial charge in [0, 0.05) is 0 Å². The molecule has 0 unspecified atom stereocenters. The van der Waals surface area contributed by atoms with Crippen molar-refractivity contribution in [2.75, 3.05) is 0 Å². The van der Waals surface area contributed by atoms with Crippen molar-refractivity contribution in [3.8, 4) is 0 Å². The first-order chi connectivity index (χ1) is 8.05. The zero-order valence-corrected chi connectivity index (χ0v) is 10.5. The molecule has 1 fully saturated rings. The van der Waals surface area contributed by atoms with Crippen LogP contribution in [-0.2, 0) is 4.79 Å². The molecule has 5 heteroatoms. The highest BCUT2D eigenvalue weighted by Crippen LogP contribution is 2.30. The quantitative estimate of drug-likeness (QED) is 0.867. The molecule has 1 heterocycles. The summed E-state index contributed by atoms with van der Waals surface area (Å²) >= 11 is 1.35. The number of hydrogen-bond donors (Lipinski definition) is 2. The minimum Gasteiger partial charge on any atom is -0.480 e. The second-order valence-corrected chi connectivity index (χ2v) is 5.40. The lowest BCUT2D eigenvalue weighted by Crippen LogP contribution is -2.52. The summed E-state index contributed by atoms with van der Waals surface area (Å²) in [6, 6.07) is 1.86. The molecule has 0 spiro atoms. The van der Waals surface area contributed by atoms with Crippen molar-refractivity contribution in [2.24, 2.45) is 0 Å². The van der Waals surface area contributed by atoms with Gasteiger partial charge in [-0.3, -0.25) is 4.79 Å². The number of aryl methyl sites for hydroxylation is 1. The Morgan fingerprint density at radius 3 is 2.53 bits per heavy atom. The van der Waals surface area contributed by atoms with Crippen LogP contribution in [0.4, 0.5) is 0 Å². The lowest BCUT2D eigenvalue weighted by atomic mass is 9.97. The molecule has 0 radical (unpaired) electrons. The molecule has 1 amide bonds. The van der Waals surface area contributed by atoms with E-state index in [9.17, 15) is 14.7 Å². The summed E-state index contributed by atoms with van der Waals surface area (Å²) in [5.74, 6) is -1.18. The third-order valence-corrected chi connectivity index (χ3v) is 4.30. The largest absolute Gasteiger partial charge is 0.480 e. The van der Waals surface area contributed by atoms with Crippen molar-refractivity contribution < 1.29 is 14.7 Å². The Morgan fingerprint density at radius 1 is 1.41 bits per heavy atom. The highest BCUT2D eigenvalue weighted by Gasteiger charge is 2.42. The van der Waals surface area contributed by atoms with Crippen molar-refractivity contribution in [1.29, 1.82) is 0 Å². The average molecular weight is 253 g/mol. The van der Waals surface area contributed by atoms with Gasteiger partial charge in [0.25, 0.3) is 5.91 Å². The second-order valence-electron chi connectivity index (χ2n) is 4.48. The van der Waals surface area contributed by atoms with Crippen LogP contribution in [0.3, 0.4) is 0 Å². The van der Waals surface area contributed by atoms with E-state index in [2.05, 4.69) is 5.32 Å². The molecule has 1 saturated carbocycles. The van der Waals surface area contributed by atoms with Crippen molar-refractivity contribution >= 4 is 23.2 Å². The number of nitrogens with one attached hydrogen (secondary N) is 1. The third-order valence-electron chi connectivity index (χ3n) is 3.29. The minimum absolute atomic E-state index is 0.262. The summed E-state index contributed by atoms with van der Waals surface area (Å²) < 4.78 is 0. The summed E-state index contributed by atoms with van der Waals surface area (Å²) in [7, 11) is 0. The molecule has 2 N–H and O–H groups in total. The first-order valence-electron chi connectivity index (χ1n) is 5.65. The molecule has 1 aliphatic carbocycles. The zero-order chi connectivity index (χ0) is 12.5. The standard InChI is InChI=1S/C12H15NO3S/c1-8-4-7-17-9(8)10(14)13-12(11(15)16)5-2-3-6-12/h4,7H,2-3,5-6H2,1H3,(H,13,14)(H,15,16). The van der Waals surface area contributed by atoms with E-state index in [0.29, 0.717) is 17.7 Å². The predicted molar refractivity (Wildman–Crippen MR) is 65.4 cm³/mol. The average Bonchev–Trinajstić information content (AvgIpc) is 2.87. The van der Waals surface area contributed by atoms with Gasteiger partial charge in [-0.15, -0.1) is 11.3 Å². The van der Waals surface area contributed by atoms with Crippen LogP contribution < -0.4 is 5.32 Å². The van der Waals surface area contributed by atoms with Gasteiger partial charge in [-0.05, 0) is 36.8 Å². The van der Waals surface area contributed by atoms with Gasteiger partial charge in [-0.2, -0.15) is 0 Å². The Morgan fingerprint density at radius 2 is 2.06 bits per heavy atom. The van der Waals surface area contributed by atoms with Gasteiger partial charge in [-0.1, -0.05) is 12.8 Å². The normalized spacial score (nSPS) is 17.9. The first kappa shape index (κ1) is 12.1. The summed E-state index contributed by atoms with van der Waals surface area (Å²) in [5.41, 5.74) is -0.154. The fraction of sp³-hybridized carbons (Fsp3) is 0.500. The van der Waals surface area contributed by atoms with Gasteiger partial charge in [0.05, 0.1) is 4.88 Å². The van der Waals surface area contributed by atoms with Gasteiger partial charge in [-0.25, -0.2) is 4.79 Å². The van der Waals surface area contributed by atoms with Crippen LogP contribution in [0.15, 0.2) is 11.4 Å². The Hall–Kier alpha value is -1.36. The smallest absolute Gasteiger partial charge is 0.329 e. The molecule has 1 aromatic rings. The van der Waals surface area contributed by atoms with E-state index in [1.807, 2.05) is 18.4 Å². The van der Waals surface area contributed by atoms with Crippen LogP contribution in [-0.4, -0.2) is 22.5 Å². The lowest BCUT2D eigenvalue weighted by molar-refractivity contribution is -0.144. The zero-order valence-electron chi connectivity index (χ0n) is 9.66. The number of carboxylic acids is 1. The number of aliphatic carboxylic acids is 1. The van der Waals surface area contributed by atoms with Crippen LogP contribution in [0.1, 0.15) is 40.9 Å². The number of carboxylic acid groups (broad SMARTS) is 1. The number of carbonyl (C=O) groups is 2. The molecular formula is C12H15NO3S. The lowest BCUT2D eigenvalue weighted by Gasteiger charge is -2.25. The number of carbonyl (C=O) groups excluding carboxylic acids is 1. The predicted octanol–water partition coefficient (Wildman–Crippen LogP) is 2.18. The Labute approximate surface area is 104 Å². The van der Waals surface area contributed by atoms with Crippen LogP contribution in [0.5, 0.6) is 0 Å². The molecule has 4 nitrogen and oxygen atoms in total. The maximum Gasteiger partial charge on any atom is 0.329 e. The van der Waals surface area contributed by atoms with Gasteiger partial charge in [0.15, 0.2) is 0 Å². The molecule has 0 atom stereocenters. The topological polar surface area (TPSA) is 66.4 Å². The van der Waals surface area contributed by atoms with Gasteiger partial charge in [0.2, 0.25) is 0 Å². The molecule has 2 rings (SSSR count). The molecule has 1 aromatic heterocycles. The molecule has 0 aromatic carbocycles. The fourth-order valence-electron chi connectivity index (χ4n) is 2.25. The molecule has 0 saturated heterocycles. The van der Waals surface area contributed by atoms with Crippen molar-refractivity contribution in [3.05, 3.63) is 21.9 Å². The highest BCUT2D eigenvalue weighted by molar-refractivity contribution is 7.12. The van der Waals surface area contributed by atoms with E-state index >= 15 is 0 Å². The van der Waals surface area contributed by atoms with E-state index in [0.717, 1.165) is 18.4 Å². The molecule has 92 valence electrons. The van der Waals surface area contributed by atoms with E-state index in [4.69, 9.17) is 0 Å². The van der Waals surface area contributed by atoms with Crippen molar-refractivity contribution in [3.63, 3.8) is 0 Å². The minimum atomic E-state index is -1.05.